The second-order valence-corrected chi connectivity index (χ2v) is 2.58. The van der Waals surface area contributed by atoms with Crippen molar-refractivity contribution in [3.8, 4) is 0 Å². The van der Waals surface area contributed by atoms with Gasteiger partial charge in [0.25, 0.3) is 0 Å². The number of pyridine rings is 1. The molecule has 0 fully saturated rings. The predicted octanol–water partition coefficient (Wildman–Crippen LogP) is 0.724. The predicted molar refractivity (Wildman–Crippen MR) is 47.7 cm³/mol. The molecule has 0 aliphatic heterocycles. The molecule has 0 saturated heterocycles. The van der Waals surface area contributed by atoms with Crippen molar-refractivity contribution in [3.63, 3.8) is 0 Å². The first-order chi connectivity index (χ1) is 5.84. The molecule has 1 aromatic heterocycles. The van der Waals surface area contributed by atoms with Gasteiger partial charge in [-0.05, 0) is 18.7 Å². The Kier molecular flexibility index (Phi) is 3.70. The topological polar surface area (TPSA) is 45.1 Å². The van der Waals surface area contributed by atoms with E-state index in [1.165, 1.54) is 0 Å². The van der Waals surface area contributed by atoms with E-state index >= 15 is 0 Å². The molecule has 12 heavy (non-hydrogen) atoms. The van der Waals surface area contributed by atoms with Crippen molar-refractivity contribution >= 4 is 0 Å². The first-order valence-corrected chi connectivity index (χ1v) is 4.14. The molecule has 1 atom stereocenters. The average molecular weight is 166 g/mol. The first kappa shape index (κ1) is 9.16. The van der Waals surface area contributed by atoms with Crippen LogP contribution in [0.4, 0.5) is 0 Å². The summed E-state index contributed by atoms with van der Waals surface area (Å²) in [6.07, 6.45) is 1.19. The number of aliphatic hydroxyl groups is 1. The van der Waals surface area contributed by atoms with Gasteiger partial charge in [-0.3, -0.25) is 4.98 Å². The zero-order valence-electron chi connectivity index (χ0n) is 7.20. The fraction of sp³-hybridized carbons (Fsp3) is 0.444. The highest BCUT2D eigenvalue weighted by molar-refractivity contribution is 5.06. The van der Waals surface area contributed by atoms with E-state index in [2.05, 4.69) is 10.3 Å². The highest BCUT2D eigenvalue weighted by Gasteiger charge is 2.05. The molecule has 0 aliphatic carbocycles. The Morgan fingerprint density at radius 2 is 2.42 bits per heavy atom. The standard InChI is InChI=1S/C9H14N2O/c1-2-10-7-9(12)8-5-3-4-6-11-8/h3-6,9-10,12H,2,7H2,1H3. The third-order valence-corrected chi connectivity index (χ3v) is 1.62. The maximum Gasteiger partial charge on any atom is 0.108 e. The van der Waals surface area contributed by atoms with Gasteiger partial charge in [0, 0.05) is 12.7 Å². The van der Waals surface area contributed by atoms with Crippen LogP contribution in [0.1, 0.15) is 18.7 Å². The number of rotatable bonds is 4. The molecule has 0 saturated carbocycles. The average Bonchev–Trinajstić information content (AvgIpc) is 2.15. The number of aliphatic hydroxyl groups excluding tert-OH is 1. The lowest BCUT2D eigenvalue weighted by molar-refractivity contribution is 0.171. The molecule has 0 aliphatic rings. The minimum Gasteiger partial charge on any atom is -0.385 e. The molecule has 1 aromatic rings. The van der Waals surface area contributed by atoms with E-state index in [1.54, 1.807) is 6.20 Å². The van der Waals surface area contributed by atoms with E-state index in [0.717, 1.165) is 12.2 Å². The Morgan fingerprint density at radius 1 is 1.58 bits per heavy atom. The summed E-state index contributed by atoms with van der Waals surface area (Å²) in [6, 6.07) is 5.53. The van der Waals surface area contributed by atoms with Gasteiger partial charge in [0.1, 0.15) is 6.10 Å². The Balaban J connectivity index is 2.48. The van der Waals surface area contributed by atoms with Gasteiger partial charge in [0.15, 0.2) is 0 Å². The van der Waals surface area contributed by atoms with Gasteiger partial charge in [-0.2, -0.15) is 0 Å². The van der Waals surface area contributed by atoms with Crippen LogP contribution >= 0.6 is 0 Å². The van der Waals surface area contributed by atoms with Crippen molar-refractivity contribution < 1.29 is 5.11 Å². The van der Waals surface area contributed by atoms with E-state index < -0.39 is 6.10 Å². The van der Waals surface area contributed by atoms with Crippen molar-refractivity contribution in [2.24, 2.45) is 0 Å². The first-order valence-electron chi connectivity index (χ1n) is 4.14. The number of likely N-dealkylation sites (N-methyl/N-ethyl adjacent to an activating group) is 1. The molecule has 0 aromatic carbocycles. The quantitative estimate of drug-likeness (QED) is 0.693. The van der Waals surface area contributed by atoms with Crippen LogP contribution in [-0.2, 0) is 0 Å². The summed E-state index contributed by atoms with van der Waals surface area (Å²) in [6.45, 7) is 3.43. The second kappa shape index (κ2) is 4.85. The van der Waals surface area contributed by atoms with Crippen LogP contribution in [0.25, 0.3) is 0 Å². The SMILES string of the molecule is CCNCC(O)c1ccccn1. The molecule has 66 valence electrons. The fourth-order valence-corrected chi connectivity index (χ4v) is 0.959. The molecular weight excluding hydrogens is 152 g/mol. The third-order valence-electron chi connectivity index (χ3n) is 1.62. The lowest BCUT2D eigenvalue weighted by atomic mass is 10.2. The highest BCUT2D eigenvalue weighted by atomic mass is 16.3. The summed E-state index contributed by atoms with van der Waals surface area (Å²) >= 11 is 0. The largest absolute Gasteiger partial charge is 0.385 e. The van der Waals surface area contributed by atoms with E-state index in [1.807, 2.05) is 25.1 Å². The van der Waals surface area contributed by atoms with Gasteiger partial charge < -0.3 is 10.4 Å². The smallest absolute Gasteiger partial charge is 0.108 e. The number of aromatic nitrogens is 1. The van der Waals surface area contributed by atoms with Crippen LogP contribution in [-0.4, -0.2) is 23.2 Å². The van der Waals surface area contributed by atoms with Gasteiger partial charge in [0.05, 0.1) is 5.69 Å². The molecule has 3 heteroatoms. The maximum absolute atomic E-state index is 9.53. The van der Waals surface area contributed by atoms with E-state index in [0.29, 0.717) is 6.54 Å². The van der Waals surface area contributed by atoms with Crippen molar-refractivity contribution in [3.05, 3.63) is 30.1 Å². The van der Waals surface area contributed by atoms with Gasteiger partial charge >= 0.3 is 0 Å². The van der Waals surface area contributed by atoms with Gasteiger partial charge in [-0.15, -0.1) is 0 Å². The number of hydrogen-bond donors (Lipinski definition) is 2. The van der Waals surface area contributed by atoms with Crippen LogP contribution in [0.3, 0.4) is 0 Å². The number of nitrogens with one attached hydrogen (secondary N) is 1. The molecule has 0 radical (unpaired) electrons. The van der Waals surface area contributed by atoms with Crippen molar-refractivity contribution in [1.29, 1.82) is 0 Å². The summed E-state index contributed by atoms with van der Waals surface area (Å²) in [5.74, 6) is 0. The summed E-state index contributed by atoms with van der Waals surface area (Å²) in [4.78, 5) is 4.04. The Hall–Kier alpha value is -0.930. The van der Waals surface area contributed by atoms with Gasteiger partial charge in [0.2, 0.25) is 0 Å². The molecule has 1 unspecified atom stereocenters. The zero-order valence-corrected chi connectivity index (χ0v) is 7.20. The Morgan fingerprint density at radius 3 is 3.00 bits per heavy atom. The van der Waals surface area contributed by atoms with Crippen LogP contribution in [0.2, 0.25) is 0 Å². The van der Waals surface area contributed by atoms with E-state index in [-0.39, 0.29) is 0 Å². The summed E-state index contributed by atoms with van der Waals surface area (Å²) in [5, 5.41) is 12.6. The Bertz CT molecular complexity index is 213. The fourth-order valence-electron chi connectivity index (χ4n) is 0.959. The maximum atomic E-state index is 9.53. The molecule has 2 N–H and O–H groups in total. The number of hydrogen-bond acceptors (Lipinski definition) is 3. The molecule has 0 spiro atoms. The lowest BCUT2D eigenvalue weighted by Crippen LogP contribution is -2.21. The lowest BCUT2D eigenvalue weighted by Gasteiger charge is -2.09. The summed E-state index contributed by atoms with van der Waals surface area (Å²) in [5.41, 5.74) is 0.721. The van der Waals surface area contributed by atoms with Gasteiger partial charge in [-0.25, -0.2) is 0 Å². The monoisotopic (exact) mass is 166 g/mol. The van der Waals surface area contributed by atoms with Crippen LogP contribution in [0, 0.1) is 0 Å². The van der Waals surface area contributed by atoms with Crippen LogP contribution in [0.15, 0.2) is 24.4 Å². The molecule has 0 bridgehead atoms. The Labute approximate surface area is 72.5 Å². The summed E-state index contributed by atoms with van der Waals surface area (Å²) < 4.78 is 0. The second-order valence-electron chi connectivity index (χ2n) is 2.58. The molecule has 3 nitrogen and oxygen atoms in total. The van der Waals surface area contributed by atoms with Crippen molar-refractivity contribution in [2.75, 3.05) is 13.1 Å². The van der Waals surface area contributed by atoms with E-state index in [4.69, 9.17) is 0 Å². The van der Waals surface area contributed by atoms with Crippen molar-refractivity contribution in [2.45, 2.75) is 13.0 Å². The zero-order chi connectivity index (χ0) is 8.81. The molecular formula is C9H14N2O. The molecule has 1 rings (SSSR count). The van der Waals surface area contributed by atoms with Crippen molar-refractivity contribution in [1.82, 2.24) is 10.3 Å². The normalized spacial score (nSPS) is 12.8. The molecule has 0 amide bonds. The highest BCUT2D eigenvalue weighted by Crippen LogP contribution is 2.06. The third kappa shape index (κ3) is 2.60. The number of nitrogens with zero attached hydrogens (tertiary/aromatic N) is 1. The van der Waals surface area contributed by atoms with Gasteiger partial charge in [-0.1, -0.05) is 13.0 Å². The minimum atomic E-state index is -0.494. The molecule has 1 heterocycles. The van der Waals surface area contributed by atoms with Crippen LogP contribution < -0.4 is 5.32 Å². The van der Waals surface area contributed by atoms with E-state index in [9.17, 15) is 5.11 Å². The minimum absolute atomic E-state index is 0.494. The summed E-state index contributed by atoms with van der Waals surface area (Å²) in [7, 11) is 0. The van der Waals surface area contributed by atoms with Crippen LogP contribution in [0.5, 0.6) is 0 Å².